The van der Waals surface area contributed by atoms with E-state index in [0.717, 1.165) is 23.2 Å². The van der Waals surface area contributed by atoms with Gasteiger partial charge in [0.1, 0.15) is 0 Å². The lowest BCUT2D eigenvalue weighted by Gasteiger charge is -2.35. The van der Waals surface area contributed by atoms with E-state index in [2.05, 4.69) is 10.3 Å². The van der Waals surface area contributed by atoms with E-state index in [9.17, 15) is 14.4 Å². The zero-order chi connectivity index (χ0) is 23.6. The van der Waals surface area contributed by atoms with Crippen LogP contribution in [0.2, 0.25) is 0 Å². The van der Waals surface area contributed by atoms with Gasteiger partial charge >= 0.3 is 12.0 Å². The van der Waals surface area contributed by atoms with Gasteiger partial charge in [-0.1, -0.05) is 18.2 Å². The predicted octanol–water partition coefficient (Wildman–Crippen LogP) is 3.62. The molecule has 0 radical (unpaired) electrons. The van der Waals surface area contributed by atoms with E-state index in [1.165, 1.54) is 0 Å². The van der Waals surface area contributed by atoms with Gasteiger partial charge < -0.3 is 19.9 Å². The van der Waals surface area contributed by atoms with Gasteiger partial charge in [-0.25, -0.2) is 4.79 Å². The number of ether oxygens (including phenoxy) is 1. The molecule has 33 heavy (non-hydrogen) atoms. The van der Waals surface area contributed by atoms with Gasteiger partial charge in [0.15, 0.2) is 0 Å². The average molecular weight is 453 g/mol. The number of esters is 1. The molecule has 1 unspecified atom stereocenters. The first kappa shape index (κ1) is 24.2. The van der Waals surface area contributed by atoms with Gasteiger partial charge in [-0.05, 0) is 56.0 Å². The first-order valence-corrected chi connectivity index (χ1v) is 11.4. The first-order chi connectivity index (χ1) is 16.0. The van der Waals surface area contributed by atoms with Crippen LogP contribution in [0.1, 0.15) is 37.3 Å². The fourth-order valence-electron chi connectivity index (χ4n) is 3.99. The number of nitrogens with one attached hydrogen (secondary N) is 1. The molecule has 176 valence electrons. The van der Waals surface area contributed by atoms with Crippen molar-refractivity contribution >= 4 is 23.6 Å². The second kappa shape index (κ2) is 12.0. The number of aromatic nitrogens is 1. The molecule has 1 aliphatic heterocycles. The van der Waals surface area contributed by atoms with Gasteiger partial charge in [-0.2, -0.15) is 0 Å². The number of likely N-dealkylation sites (tertiary alicyclic amines) is 1. The number of hydrogen-bond donors (Lipinski definition) is 1. The van der Waals surface area contributed by atoms with Crippen molar-refractivity contribution in [2.75, 3.05) is 31.6 Å². The van der Waals surface area contributed by atoms with Crippen LogP contribution in [0.3, 0.4) is 0 Å². The van der Waals surface area contributed by atoms with E-state index in [1.54, 1.807) is 29.1 Å². The number of pyridine rings is 1. The number of rotatable bonds is 8. The zero-order valence-corrected chi connectivity index (χ0v) is 19.3. The van der Waals surface area contributed by atoms with Crippen LogP contribution in [-0.4, -0.2) is 58.9 Å². The molecule has 0 saturated carbocycles. The Bertz CT molecular complexity index is 950. The molecule has 8 heteroatoms. The number of anilines is 1. The lowest BCUT2D eigenvalue weighted by molar-refractivity contribution is -0.145. The Hall–Kier alpha value is -3.42. The lowest BCUT2D eigenvalue weighted by atomic mass is 9.96. The quantitative estimate of drug-likeness (QED) is 0.618. The molecular formula is C25H32N4O4. The van der Waals surface area contributed by atoms with Crippen LogP contribution in [0.25, 0.3) is 0 Å². The molecule has 0 aliphatic carbocycles. The molecular weight excluding hydrogens is 420 g/mol. The molecule has 0 bridgehead atoms. The fourth-order valence-corrected chi connectivity index (χ4v) is 3.99. The zero-order valence-electron chi connectivity index (χ0n) is 19.3. The largest absolute Gasteiger partial charge is 0.466 e. The third-order valence-electron chi connectivity index (χ3n) is 5.63. The van der Waals surface area contributed by atoms with E-state index in [1.807, 2.05) is 43.3 Å². The monoisotopic (exact) mass is 452 g/mol. The Morgan fingerprint density at radius 1 is 1.24 bits per heavy atom. The van der Waals surface area contributed by atoms with Crippen molar-refractivity contribution in [2.45, 2.75) is 39.7 Å². The van der Waals surface area contributed by atoms with Crippen molar-refractivity contribution in [3.63, 3.8) is 0 Å². The maximum Gasteiger partial charge on any atom is 0.321 e. The Labute approximate surface area is 194 Å². The minimum Gasteiger partial charge on any atom is -0.466 e. The van der Waals surface area contributed by atoms with Crippen molar-refractivity contribution < 1.29 is 19.1 Å². The molecule has 0 spiro atoms. The fraction of sp³-hybridized carbons (Fsp3) is 0.440. The smallest absolute Gasteiger partial charge is 0.321 e. The normalized spacial score (nSPS) is 15.6. The van der Waals surface area contributed by atoms with Gasteiger partial charge in [0, 0.05) is 44.3 Å². The predicted molar refractivity (Wildman–Crippen MR) is 125 cm³/mol. The highest BCUT2D eigenvalue weighted by atomic mass is 16.5. The maximum atomic E-state index is 13.4. The van der Waals surface area contributed by atoms with Gasteiger partial charge in [-0.3, -0.25) is 14.6 Å². The van der Waals surface area contributed by atoms with Gasteiger partial charge in [-0.15, -0.1) is 0 Å². The highest BCUT2D eigenvalue weighted by Crippen LogP contribution is 2.21. The Balaban J connectivity index is 1.65. The highest BCUT2D eigenvalue weighted by Gasteiger charge is 2.31. The van der Waals surface area contributed by atoms with Crippen LogP contribution in [0.5, 0.6) is 0 Å². The number of amides is 3. The molecule has 3 rings (SSSR count). The van der Waals surface area contributed by atoms with Crippen LogP contribution < -0.4 is 5.32 Å². The number of aryl methyl sites for hydroxylation is 1. The summed E-state index contributed by atoms with van der Waals surface area (Å²) in [5.41, 5.74) is 2.69. The summed E-state index contributed by atoms with van der Waals surface area (Å²) in [7, 11) is 0. The van der Waals surface area contributed by atoms with E-state index >= 15 is 0 Å². The lowest BCUT2D eigenvalue weighted by Crippen LogP contribution is -2.48. The molecule has 1 atom stereocenters. The molecule has 1 fully saturated rings. The third-order valence-corrected chi connectivity index (χ3v) is 5.63. The summed E-state index contributed by atoms with van der Waals surface area (Å²) in [4.78, 5) is 45.7. The molecule has 8 nitrogen and oxygen atoms in total. The summed E-state index contributed by atoms with van der Waals surface area (Å²) in [6, 6.07) is 11.1. The number of nitrogens with zero attached hydrogens (tertiary/aromatic N) is 3. The second-order valence-corrected chi connectivity index (χ2v) is 8.26. The van der Waals surface area contributed by atoms with Crippen molar-refractivity contribution in [3.05, 3.63) is 59.9 Å². The van der Waals surface area contributed by atoms with E-state index in [0.29, 0.717) is 32.7 Å². The van der Waals surface area contributed by atoms with Crippen LogP contribution in [-0.2, 0) is 20.9 Å². The summed E-state index contributed by atoms with van der Waals surface area (Å²) >= 11 is 0. The summed E-state index contributed by atoms with van der Waals surface area (Å²) in [5.74, 6) is -0.707. The van der Waals surface area contributed by atoms with Crippen LogP contribution in [0.15, 0.2) is 48.8 Å². The van der Waals surface area contributed by atoms with E-state index < -0.39 is 0 Å². The maximum absolute atomic E-state index is 13.4. The number of carbonyl (C=O) groups excluding carboxylic acids is 3. The Morgan fingerprint density at radius 3 is 2.82 bits per heavy atom. The highest BCUT2D eigenvalue weighted by molar-refractivity contribution is 5.90. The van der Waals surface area contributed by atoms with E-state index in [-0.39, 0.29) is 36.8 Å². The molecule has 2 heterocycles. The molecule has 2 aromatic rings. The second-order valence-electron chi connectivity index (χ2n) is 8.26. The van der Waals surface area contributed by atoms with Crippen molar-refractivity contribution in [2.24, 2.45) is 5.92 Å². The Morgan fingerprint density at radius 2 is 2.09 bits per heavy atom. The van der Waals surface area contributed by atoms with E-state index in [4.69, 9.17) is 4.74 Å². The van der Waals surface area contributed by atoms with Crippen molar-refractivity contribution in [3.8, 4) is 0 Å². The van der Waals surface area contributed by atoms with Gasteiger partial charge in [0.25, 0.3) is 0 Å². The molecule has 1 N–H and O–H groups in total. The summed E-state index contributed by atoms with van der Waals surface area (Å²) in [6.07, 6.45) is 4.98. The summed E-state index contributed by atoms with van der Waals surface area (Å²) in [5, 5.41) is 2.93. The minimum absolute atomic E-state index is 0.0591. The third kappa shape index (κ3) is 7.30. The van der Waals surface area contributed by atoms with Gasteiger partial charge in [0.2, 0.25) is 5.91 Å². The summed E-state index contributed by atoms with van der Waals surface area (Å²) in [6.45, 7) is 5.61. The number of benzene rings is 1. The van der Waals surface area contributed by atoms with Crippen LogP contribution in [0, 0.1) is 12.8 Å². The van der Waals surface area contributed by atoms with Crippen molar-refractivity contribution in [1.82, 2.24) is 14.8 Å². The SMILES string of the molecule is CCOC(=O)CCN(Cc1cccnc1)C(=O)C1CCCN(C(=O)Nc2cccc(C)c2)C1. The first-order valence-electron chi connectivity index (χ1n) is 11.4. The Kier molecular flexibility index (Phi) is 8.80. The number of carbonyl (C=O) groups is 3. The molecule has 1 saturated heterocycles. The molecule has 1 aromatic carbocycles. The average Bonchev–Trinajstić information content (AvgIpc) is 2.82. The van der Waals surface area contributed by atoms with Crippen molar-refractivity contribution in [1.29, 1.82) is 0 Å². The van der Waals surface area contributed by atoms with Gasteiger partial charge in [0.05, 0.1) is 18.9 Å². The number of urea groups is 1. The topological polar surface area (TPSA) is 91.8 Å². The minimum atomic E-state index is -0.329. The van der Waals surface area contributed by atoms with Crippen LogP contribution >= 0.6 is 0 Å². The number of piperidine rings is 1. The molecule has 3 amide bonds. The van der Waals surface area contributed by atoms with Crippen LogP contribution in [0.4, 0.5) is 10.5 Å². The molecule has 1 aliphatic rings. The number of hydrogen-bond acceptors (Lipinski definition) is 5. The standard InChI is InChI=1S/C25H32N4O4/c1-3-33-23(30)11-14-28(17-20-8-5-12-26-16-20)24(31)21-9-6-13-29(18-21)25(32)27-22-10-4-7-19(2)15-22/h4-5,7-8,10,12,15-16,21H,3,6,9,11,13-14,17-18H2,1-2H3,(H,27,32). The summed E-state index contributed by atoms with van der Waals surface area (Å²) < 4.78 is 5.03. The molecule has 1 aromatic heterocycles.